The van der Waals surface area contributed by atoms with E-state index >= 15 is 0 Å². The molecule has 10 nitrogen and oxygen atoms in total. The molecule has 0 bridgehead atoms. The topological polar surface area (TPSA) is 155 Å². The summed E-state index contributed by atoms with van der Waals surface area (Å²) < 4.78 is 0. The molecule has 0 fully saturated rings. The van der Waals surface area contributed by atoms with Crippen molar-refractivity contribution in [3.63, 3.8) is 0 Å². The molecule has 27 heavy (non-hydrogen) atoms. The molecule has 0 atom stereocenters. The normalized spacial score (nSPS) is 8.59. The first-order chi connectivity index (χ1) is 12.9. The molecule has 0 N–H and O–H groups in total. The molecular formula is C17H13N2O8. The Morgan fingerprint density at radius 1 is 0.741 bits per heavy atom. The molecule has 0 unspecified atom stereocenters. The zero-order valence-corrected chi connectivity index (χ0v) is 13.7. The van der Waals surface area contributed by atoms with Gasteiger partial charge in [0.05, 0.1) is 16.3 Å². The molecule has 2 aromatic carbocycles. The predicted octanol–water partition coefficient (Wildman–Crippen LogP) is 2.50. The Morgan fingerprint density at radius 2 is 1.07 bits per heavy atom. The Labute approximate surface area is 152 Å². The molecule has 2 rings (SSSR count). The lowest BCUT2D eigenvalue weighted by molar-refractivity contribution is -0.385. The molecule has 0 aliphatic carbocycles. The number of aldehydes is 3. The Kier molecular flexibility index (Phi) is 11.2. The summed E-state index contributed by atoms with van der Waals surface area (Å²) in [6.07, 6.45) is 3.09. The van der Waals surface area contributed by atoms with Crippen LogP contribution < -0.4 is 0 Å². The number of non-ortho nitro benzene ring substituents is 2. The van der Waals surface area contributed by atoms with Gasteiger partial charge >= 0.3 is 0 Å². The van der Waals surface area contributed by atoms with Crippen molar-refractivity contribution >= 4 is 36.5 Å². The number of hydrogen-bond acceptors (Lipinski definition) is 8. The fourth-order valence-electron chi connectivity index (χ4n) is 1.38. The van der Waals surface area contributed by atoms with Crippen molar-refractivity contribution in [3.8, 4) is 0 Å². The van der Waals surface area contributed by atoms with E-state index in [9.17, 15) is 29.8 Å². The van der Waals surface area contributed by atoms with Crippen molar-refractivity contribution in [1.82, 2.24) is 0 Å². The highest BCUT2D eigenvalue weighted by molar-refractivity contribution is 5.75. The van der Waals surface area contributed by atoms with Gasteiger partial charge in [0.2, 0.25) is 6.29 Å². The van der Waals surface area contributed by atoms with Crippen LogP contribution in [0.2, 0.25) is 0 Å². The summed E-state index contributed by atoms with van der Waals surface area (Å²) in [5.41, 5.74) is 0.873. The van der Waals surface area contributed by atoms with Crippen molar-refractivity contribution in [2.24, 2.45) is 0 Å². The van der Waals surface area contributed by atoms with Gasteiger partial charge in [-0.2, -0.15) is 0 Å². The number of hydrogen-bond donors (Lipinski definition) is 0. The van der Waals surface area contributed by atoms with Crippen molar-refractivity contribution < 1.29 is 29.0 Å². The fraction of sp³-hybridized carbons (Fsp3) is 0.0588. The van der Waals surface area contributed by atoms with Gasteiger partial charge in [-0.1, -0.05) is 0 Å². The van der Waals surface area contributed by atoms with Crippen molar-refractivity contribution in [2.45, 2.75) is 6.42 Å². The minimum atomic E-state index is -0.505. The first-order valence-electron chi connectivity index (χ1n) is 7.07. The lowest BCUT2D eigenvalue weighted by atomic mass is 10.2. The SMILES string of the molecule is O=Cc1ccc([N+](=O)[O-])cc1.O=Cc1ccc([N+](=O)[O-])cc1.O=[C]CC=O. The Morgan fingerprint density at radius 3 is 1.22 bits per heavy atom. The minimum Gasteiger partial charge on any atom is -0.303 e. The van der Waals surface area contributed by atoms with E-state index in [0.717, 1.165) is 0 Å². The average molecular weight is 373 g/mol. The molecule has 1 radical (unpaired) electrons. The van der Waals surface area contributed by atoms with Crippen molar-refractivity contribution in [3.05, 3.63) is 79.9 Å². The van der Waals surface area contributed by atoms with Crippen LogP contribution in [0.3, 0.4) is 0 Å². The number of carbonyl (C=O) groups excluding carboxylic acids is 4. The molecule has 0 aromatic heterocycles. The van der Waals surface area contributed by atoms with Gasteiger partial charge in [-0.15, -0.1) is 0 Å². The quantitative estimate of drug-likeness (QED) is 0.324. The van der Waals surface area contributed by atoms with E-state index < -0.39 is 9.85 Å². The Bertz CT molecular complexity index is 718. The third kappa shape index (κ3) is 9.72. The maximum absolute atomic E-state index is 10.1. The molecule has 2 aromatic rings. The largest absolute Gasteiger partial charge is 0.303 e. The summed E-state index contributed by atoms with van der Waals surface area (Å²) in [6.45, 7) is 0. The van der Waals surface area contributed by atoms with Crippen LogP contribution in [0.4, 0.5) is 11.4 Å². The van der Waals surface area contributed by atoms with Gasteiger partial charge in [0, 0.05) is 35.4 Å². The van der Waals surface area contributed by atoms with E-state index in [-0.39, 0.29) is 17.8 Å². The summed E-state index contributed by atoms with van der Waals surface area (Å²) in [5, 5.41) is 20.2. The number of rotatable bonds is 6. The summed E-state index contributed by atoms with van der Waals surface area (Å²) in [6, 6.07) is 10.8. The monoisotopic (exact) mass is 373 g/mol. The van der Waals surface area contributed by atoms with E-state index in [4.69, 9.17) is 9.59 Å². The molecule has 139 valence electrons. The van der Waals surface area contributed by atoms with E-state index in [1.807, 2.05) is 0 Å². The second-order valence-corrected chi connectivity index (χ2v) is 4.45. The first kappa shape index (κ1) is 22.9. The highest BCUT2D eigenvalue weighted by Gasteiger charge is 2.02. The van der Waals surface area contributed by atoms with Gasteiger partial charge in [0.25, 0.3) is 11.4 Å². The number of nitrogens with zero attached hydrogens (tertiary/aromatic N) is 2. The van der Waals surface area contributed by atoms with Crippen LogP contribution in [0.1, 0.15) is 27.1 Å². The lowest BCUT2D eigenvalue weighted by Gasteiger charge is -1.89. The molecule has 0 spiro atoms. The van der Waals surface area contributed by atoms with Gasteiger partial charge in [-0.3, -0.25) is 34.6 Å². The highest BCUT2D eigenvalue weighted by Crippen LogP contribution is 2.10. The van der Waals surface area contributed by atoms with E-state index in [0.29, 0.717) is 30.0 Å². The first-order valence-corrected chi connectivity index (χ1v) is 7.07. The maximum atomic E-state index is 10.1. The van der Waals surface area contributed by atoms with E-state index in [1.54, 1.807) is 0 Å². The summed E-state index contributed by atoms with van der Waals surface area (Å²) in [4.78, 5) is 57.7. The van der Waals surface area contributed by atoms with E-state index in [2.05, 4.69) is 0 Å². The number of carbonyl (C=O) groups is 3. The molecular weight excluding hydrogens is 360 g/mol. The number of nitro benzene ring substituents is 2. The zero-order chi connectivity index (χ0) is 20.7. The zero-order valence-electron chi connectivity index (χ0n) is 13.7. The molecule has 10 heteroatoms. The third-order valence-corrected chi connectivity index (χ3v) is 2.65. The van der Waals surface area contributed by atoms with Crippen LogP contribution in [0.5, 0.6) is 0 Å². The van der Waals surface area contributed by atoms with Crippen LogP contribution in [-0.2, 0) is 9.59 Å². The molecule has 0 saturated heterocycles. The molecule has 0 aliphatic heterocycles. The second-order valence-electron chi connectivity index (χ2n) is 4.45. The smallest absolute Gasteiger partial charge is 0.269 e. The van der Waals surface area contributed by atoms with E-state index in [1.165, 1.54) is 54.8 Å². The maximum Gasteiger partial charge on any atom is 0.269 e. The van der Waals surface area contributed by atoms with Crippen LogP contribution in [0.15, 0.2) is 48.5 Å². The molecule has 0 saturated carbocycles. The third-order valence-electron chi connectivity index (χ3n) is 2.65. The predicted molar refractivity (Wildman–Crippen MR) is 93.3 cm³/mol. The van der Waals surface area contributed by atoms with Crippen LogP contribution in [-0.4, -0.2) is 35.0 Å². The average Bonchev–Trinajstić information content (AvgIpc) is 2.69. The lowest BCUT2D eigenvalue weighted by Crippen LogP contribution is -1.87. The molecule has 0 aliphatic rings. The van der Waals surface area contributed by atoms with Crippen molar-refractivity contribution in [2.75, 3.05) is 0 Å². The molecule has 0 amide bonds. The van der Waals surface area contributed by atoms with Gasteiger partial charge in [-0.25, -0.2) is 0 Å². The summed E-state index contributed by atoms with van der Waals surface area (Å²) in [7, 11) is 0. The van der Waals surface area contributed by atoms with Crippen LogP contribution in [0.25, 0.3) is 0 Å². The van der Waals surface area contributed by atoms with Gasteiger partial charge in [-0.05, 0) is 24.3 Å². The van der Waals surface area contributed by atoms with Crippen LogP contribution in [0, 0.1) is 20.2 Å². The molecule has 0 heterocycles. The van der Waals surface area contributed by atoms with Gasteiger partial charge in [0.1, 0.15) is 18.9 Å². The minimum absolute atomic E-state index is 0.00407. The Balaban J connectivity index is 0.000000405. The highest BCUT2D eigenvalue weighted by atomic mass is 16.6. The van der Waals surface area contributed by atoms with Gasteiger partial charge < -0.3 is 4.79 Å². The fourth-order valence-corrected chi connectivity index (χ4v) is 1.38. The van der Waals surface area contributed by atoms with Gasteiger partial charge in [0.15, 0.2) is 0 Å². The second kappa shape index (κ2) is 13.2. The van der Waals surface area contributed by atoms with Crippen LogP contribution >= 0.6 is 0 Å². The standard InChI is InChI=1S/2C7H5NO3.C3H3O2/c2*9-5-6-1-3-7(4-2-6)8(10)11;4-2-1-3-5/h2*1-5H;2H,1H2. The number of benzene rings is 2. The summed E-state index contributed by atoms with van der Waals surface area (Å²) in [5.74, 6) is 0. The number of nitro groups is 2. The summed E-state index contributed by atoms with van der Waals surface area (Å²) >= 11 is 0. The Hall–Kier alpha value is -4.08. The van der Waals surface area contributed by atoms with Crippen molar-refractivity contribution in [1.29, 1.82) is 0 Å².